The number of alkyl halides is 3. The Morgan fingerprint density at radius 2 is 1.64 bits per heavy atom. The topological polar surface area (TPSA) is 129 Å². The van der Waals surface area contributed by atoms with Gasteiger partial charge in [-0.05, 0) is 65.1 Å². The van der Waals surface area contributed by atoms with Crippen molar-refractivity contribution in [3.63, 3.8) is 0 Å². The summed E-state index contributed by atoms with van der Waals surface area (Å²) in [4.78, 5) is 16.6. The zero-order valence-electron chi connectivity index (χ0n) is 19.7. The molecule has 36 heavy (non-hydrogen) atoms. The highest BCUT2D eigenvalue weighted by molar-refractivity contribution is 6.05. The second kappa shape index (κ2) is 11.4. The van der Waals surface area contributed by atoms with E-state index in [9.17, 15) is 18.0 Å². The van der Waals surface area contributed by atoms with Crippen LogP contribution in [0.3, 0.4) is 0 Å². The van der Waals surface area contributed by atoms with E-state index in [-0.39, 0.29) is 17.6 Å². The van der Waals surface area contributed by atoms with Crippen LogP contribution in [-0.2, 0) is 6.18 Å². The van der Waals surface area contributed by atoms with Crippen LogP contribution in [0.4, 0.5) is 18.9 Å². The molecule has 0 aliphatic carbocycles. The third-order valence-electron chi connectivity index (χ3n) is 5.28. The summed E-state index contributed by atoms with van der Waals surface area (Å²) in [6.45, 7) is 4.17. The van der Waals surface area contributed by atoms with E-state index in [1.54, 1.807) is 12.1 Å². The second-order valence-corrected chi connectivity index (χ2v) is 8.49. The zero-order chi connectivity index (χ0) is 26.3. The number of benzene rings is 2. The Balaban J connectivity index is 1.74. The smallest absolute Gasteiger partial charge is 0.377 e. The number of halogens is 3. The van der Waals surface area contributed by atoms with E-state index in [2.05, 4.69) is 39.8 Å². The number of guanidine groups is 1. The molecule has 1 aromatic heterocycles. The molecule has 188 valence electrons. The number of nitrogens with zero attached hydrogens (tertiary/aromatic N) is 3. The molecule has 1 unspecified atom stereocenters. The molecule has 1 heterocycles. The fourth-order valence-electron chi connectivity index (χ4n) is 3.55. The van der Waals surface area contributed by atoms with Crippen LogP contribution in [0.25, 0.3) is 11.1 Å². The average molecular weight is 498 g/mol. The van der Waals surface area contributed by atoms with Gasteiger partial charge in [-0.15, -0.1) is 0 Å². The summed E-state index contributed by atoms with van der Waals surface area (Å²) in [7, 11) is 0. The van der Waals surface area contributed by atoms with Crippen LogP contribution in [0, 0.1) is 11.4 Å². The van der Waals surface area contributed by atoms with Crippen LogP contribution in [0.5, 0.6) is 0 Å². The normalized spacial score (nSPS) is 12.8. The van der Waals surface area contributed by atoms with Gasteiger partial charge < -0.3 is 11.1 Å². The van der Waals surface area contributed by atoms with Gasteiger partial charge >= 0.3 is 6.18 Å². The van der Waals surface area contributed by atoms with Gasteiger partial charge in [0.15, 0.2) is 0 Å². The maximum absolute atomic E-state index is 12.8. The monoisotopic (exact) mass is 497 g/mol. The summed E-state index contributed by atoms with van der Waals surface area (Å²) in [5.74, 6) is -0.465. The van der Waals surface area contributed by atoms with Crippen molar-refractivity contribution in [1.29, 1.82) is 5.53 Å². The Morgan fingerprint density at radius 1 is 1.03 bits per heavy atom. The molecule has 0 saturated heterocycles. The van der Waals surface area contributed by atoms with Gasteiger partial charge in [-0.1, -0.05) is 43.2 Å². The number of nitrogens with two attached hydrogens (primary N) is 1. The molecule has 0 fully saturated rings. The number of nitrogens with one attached hydrogen (secondary N) is 3. The predicted octanol–water partition coefficient (Wildman–Crippen LogP) is 5.96. The van der Waals surface area contributed by atoms with E-state index in [0.717, 1.165) is 35.5 Å². The van der Waals surface area contributed by atoms with Gasteiger partial charge in [-0.2, -0.15) is 18.7 Å². The first-order valence-corrected chi connectivity index (χ1v) is 11.1. The summed E-state index contributed by atoms with van der Waals surface area (Å²) in [6, 6.07) is 15.7. The van der Waals surface area contributed by atoms with Gasteiger partial charge in [-0.3, -0.25) is 15.1 Å². The first-order valence-electron chi connectivity index (χ1n) is 11.1. The molecule has 0 saturated carbocycles. The fourth-order valence-corrected chi connectivity index (χ4v) is 3.55. The third-order valence-corrected chi connectivity index (χ3v) is 5.28. The molecule has 0 aliphatic rings. The van der Waals surface area contributed by atoms with E-state index in [1.165, 1.54) is 18.3 Å². The van der Waals surface area contributed by atoms with E-state index in [4.69, 9.17) is 11.3 Å². The van der Waals surface area contributed by atoms with Gasteiger partial charge in [-0.25, -0.2) is 0 Å². The van der Waals surface area contributed by atoms with Gasteiger partial charge in [0.2, 0.25) is 5.96 Å². The SMILES string of the molecule is CC(C)CC(Nc1ccc(-c2ccc(C(F)(F)F)cc2)cc1)c1ccc(C(=O)NC(N)=NN=N)cn1. The Labute approximate surface area is 206 Å². The summed E-state index contributed by atoms with van der Waals surface area (Å²) in [6.07, 6.45) is -2.17. The van der Waals surface area contributed by atoms with Crippen molar-refractivity contribution in [1.82, 2.24) is 10.3 Å². The lowest BCUT2D eigenvalue weighted by atomic mass is 9.99. The first kappa shape index (κ1) is 26.3. The maximum atomic E-state index is 12.8. The standard InChI is InChI=1S/C25H26F3N7O/c1-15(2)13-22(21-12-7-18(14-31-21)23(36)33-24(29)34-35-30)32-20-10-5-17(6-11-20)16-3-8-19(9-4-16)25(26,27)28/h3-12,14-15,22,32H,13H2,1-2H3,(H4,29,30,33,34,36). The van der Waals surface area contributed by atoms with Crippen molar-refractivity contribution in [2.45, 2.75) is 32.5 Å². The maximum Gasteiger partial charge on any atom is 0.416 e. The quantitative estimate of drug-likeness (QED) is 0.132. The molecule has 3 rings (SSSR count). The van der Waals surface area contributed by atoms with E-state index in [1.807, 2.05) is 24.3 Å². The molecule has 3 aromatic rings. The highest BCUT2D eigenvalue weighted by Crippen LogP contribution is 2.32. The van der Waals surface area contributed by atoms with Gasteiger partial charge in [0.25, 0.3) is 5.91 Å². The summed E-state index contributed by atoms with van der Waals surface area (Å²) >= 11 is 0. The zero-order valence-corrected chi connectivity index (χ0v) is 19.7. The van der Waals surface area contributed by atoms with E-state index < -0.39 is 17.6 Å². The molecule has 1 atom stereocenters. The number of rotatable bonds is 8. The number of carbonyl (C=O) groups is 1. The van der Waals surface area contributed by atoms with Crippen LogP contribution in [-0.4, -0.2) is 16.9 Å². The summed E-state index contributed by atoms with van der Waals surface area (Å²) < 4.78 is 38.4. The minimum atomic E-state index is -4.37. The highest BCUT2D eigenvalue weighted by Gasteiger charge is 2.30. The van der Waals surface area contributed by atoms with E-state index >= 15 is 0 Å². The van der Waals surface area contributed by atoms with Crippen LogP contribution in [0.1, 0.15) is 47.9 Å². The van der Waals surface area contributed by atoms with Gasteiger partial charge in [0, 0.05) is 11.9 Å². The molecule has 0 radical (unpaired) electrons. The summed E-state index contributed by atoms with van der Waals surface area (Å²) in [5.41, 5.74) is 14.7. The Morgan fingerprint density at radius 3 is 2.14 bits per heavy atom. The molecule has 2 aromatic carbocycles. The largest absolute Gasteiger partial charge is 0.416 e. The first-order chi connectivity index (χ1) is 17.1. The molecular weight excluding hydrogens is 471 g/mol. The molecule has 0 aliphatic heterocycles. The number of amides is 1. The lowest BCUT2D eigenvalue weighted by Gasteiger charge is -2.22. The molecular formula is C25H26F3N7O. The minimum absolute atomic E-state index is 0.146. The van der Waals surface area contributed by atoms with Crippen molar-refractivity contribution in [2.24, 2.45) is 22.0 Å². The number of hydrogen-bond acceptors (Lipinski definition) is 5. The number of anilines is 1. The predicted molar refractivity (Wildman–Crippen MR) is 131 cm³/mol. The molecule has 1 amide bonds. The van der Waals surface area contributed by atoms with Crippen LogP contribution in [0.2, 0.25) is 0 Å². The third kappa shape index (κ3) is 7.11. The number of pyridine rings is 1. The molecule has 11 heteroatoms. The average Bonchev–Trinajstić information content (AvgIpc) is 2.83. The van der Waals surface area contributed by atoms with E-state index in [0.29, 0.717) is 11.5 Å². The Kier molecular flexibility index (Phi) is 8.36. The lowest BCUT2D eigenvalue weighted by Crippen LogP contribution is -2.36. The molecule has 5 N–H and O–H groups in total. The van der Waals surface area contributed by atoms with Gasteiger partial charge in [0.1, 0.15) is 0 Å². The van der Waals surface area contributed by atoms with Crippen molar-refractivity contribution in [2.75, 3.05) is 5.32 Å². The Hall–Kier alpha value is -4.28. The summed E-state index contributed by atoms with van der Waals surface area (Å²) in [5, 5.41) is 11.7. The molecule has 0 spiro atoms. The number of hydrogen-bond donors (Lipinski definition) is 4. The number of aromatic nitrogens is 1. The van der Waals surface area contributed by atoms with Crippen molar-refractivity contribution in [3.8, 4) is 11.1 Å². The fraction of sp³-hybridized carbons (Fsp3) is 0.240. The number of carbonyl (C=O) groups excluding carboxylic acids is 1. The van der Waals surface area contributed by atoms with Crippen molar-refractivity contribution >= 4 is 17.6 Å². The van der Waals surface area contributed by atoms with Crippen LogP contribution in [0.15, 0.2) is 77.2 Å². The van der Waals surface area contributed by atoms with Crippen molar-refractivity contribution < 1.29 is 18.0 Å². The highest BCUT2D eigenvalue weighted by atomic mass is 19.4. The van der Waals surface area contributed by atoms with Crippen molar-refractivity contribution in [3.05, 3.63) is 83.7 Å². The lowest BCUT2D eigenvalue weighted by molar-refractivity contribution is -0.137. The van der Waals surface area contributed by atoms with Gasteiger partial charge in [0.05, 0.1) is 22.9 Å². The van der Waals surface area contributed by atoms with Crippen LogP contribution >= 0.6 is 0 Å². The molecule has 0 bridgehead atoms. The van der Waals surface area contributed by atoms with Crippen LogP contribution < -0.4 is 16.4 Å². The Bertz CT molecular complexity index is 1210. The second-order valence-electron chi connectivity index (χ2n) is 8.49. The minimum Gasteiger partial charge on any atom is -0.377 e. The molecule has 8 nitrogen and oxygen atoms in total.